The molecule has 1 N–H and O–H groups in total. The molecule has 0 fully saturated rings. The van der Waals surface area contributed by atoms with Crippen LogP contribution < -0.4 is 0 Å². The van der Waals surface area contributed by atoms with E-state index in [1.54, 1.807) is 23.1 Å². The van der Waals surface area contributed by atoms with Crippen LogP contribution in [-0.4, -0.2) is 27.9 Å². The zero-order valence-corrected chi connectivity index (χ0v) is 14.8. The van der Waals surface area contributed by atoms with Gasteiger partial charge in [-0.3, -0.25) is 0 Å². The lowest BCUT2D eigenvalue weighted by Crippen LogP contribution is -2.31. The first-order valence-corrected chi connectivity index (χ1v) is 11.0. The quantitative estimate of drug-likeness (QED) is 0.691. The Bertz CT molecular complexity index is 668. The Morgan fingerprint density at radius 1 is 1.27 bits per heavy atom. The van der Waals surface area contributed by atoms with Crippen molar-refractivity contribution in [1.29, 1.82) is 0 Å². The second-order valence-electron chi connectivity index (χ2n) is 6.36. The van der Waals surface area contributed by atoms with Crippen LogP contribution in [0.25, 0.3) is 0 Å². The van der Waals surface area contributed by atoms with Crippen molar-refractivity contribution in [3.8, 4) is 11.5 Å². The predicted molar refractivity (Wildman–Crippen MR) is 91.1 cm³/mol. The first-order chi connectivity index (χ1) is 10.3. The molecule has 116 valence electrons. The fourth-order valence-electron chi connectivity index (χ4n) is 2.05. The molecule has 0 bridgehead atoms. The standard InChI is InChI=1S/C16H20ClN3OSi/c1-22(2,3)10-4-9-16(21,11-20-13-18-12-19-20)14-5-7-15(17)8-6-14/h5-8,12-13,21H,9,11H2,1-3H3. The van der Waals surface area contributed by atoms with E-state index in [1.165, 1.54) is 6.33 Å². The van der Waals surface area contributed by atoms with Crippen LogP contribution in [0.4, 0.5) is 0 Å². The lowest BCUT2D eigenvalue weighted by atomic mass is 9.90. The van der Waals surface area contributed by atoms with Gasteiger partial charge in [0.1, 0.15) is 26.3 Å². The summed E-state index contributed by atoms with van der Waals surface area (Å²) in [6.07, 6.45) is 3.39. The Morgan fingerprint density at radius 2 is 1.95 bits per heavy atom. The smallest absolute Gasteiger partial charge is 0.137 e. The van der Waals surface area contributed by atoms with E-state index in [9.17, 15) is 5.11 Å². The summed E-state index contributed by atoms with van der Waals surface area (Å²) in [6, 6.07) is 7.20. The summed E-state index contributed by atoms with van der Waals surface area (Å²) in [5.41, 5.74) is 2.95. The van der Waals surface area contributed by atoms with E-state index in [1.807, 2.05) is 12.1 Å². The highest BCUT2D eigenvalue weighted by Crippen LogP contribution is 2.28. The molecule has 0 spiro atoms. The number of aliphatic hydroxyl groups is 1. The maximum absolute atomic E-state index is 11.1. The van der Waals surface area contributed by atoms with E-state index in [4.69, 9.17) is 11.6 Å². The number of aromatic nitrogens is 3. The summed E-state index contributed by atoms with van der Waals surface area (Å²) in [6.45, 7) is 6.84. The molecule has 0 saturated heterocycles. The third kappa shape index (κ3) is 4.70. The van der Waals surface area contributed by atoms with Gasteiger partial charge in [0.2, 0.25) is 0 Å². The van der Waals surface area contributed by atoms with Crippen molar-refractivity contribution in [2.45, 2.75) is 38.2 Å². The second-order valence-corrected chi connectivity index (χ2v) is 11.5. The number of halogens is 1. The molecule has 1 aromatic heterocycles. The van der Waals surface area contributed by atoms with Crippen LogP contribution in [0.15, 0.2) is 36.9 Å². The molecule has 0 aliphatic rings. The van der Waals surface area contributed by atoms with E-state index in [0.29, 0.717) is 18.0 Å². The van der Waals surface area contributed by atoms with Gasteiger partial charge in [-0.15, -0.1) is 11.5 Å². The molecule has 0 radical (unpaired) electrons. The minimum absolute atomic E-state index is 0.301. The van der Waals surface area contributed by atoms with Crippen LogP contribution in [0.3, 0.4) is 0 Å². The van der Waals surface area contributed by atoms with Gasteiger partial charge in [0.15, 0.2) is 0 Å². The molecule has 0 aliphatic carbocycles. The van der Waals surface area contributed by atoms with Gasteiger partial charge in [0, 0.05) is 11.4 Å². The average molecular weight is 334 g/mol. The number of benzene rings is 1. The average Bonchev–Trinajstić information content (AvgIpc) is 2.90. The van der Waals surface area contributed by atoms with Crippen LogP contribution in [0, 0.1) is 11.5 Å². The zero-order valence-electron chi connectivity index (χ0n) is 13.0. The molecule has 1 aromatic carbocycles. The van der Waals surface area contributed by atoms with Gasteiger partial charge in [0.05, 0.1) is 6.54 Å². The molecule has 0 aliphatic heterocycles. The van der Waals surface area contributed by atoms with Crippen molar-refractivity contribution in [3.63, 3.8) is 0 Å². The van der Waals surface area contributed by atoms with Crippen molar-refractivity contribution >= 4 is 19.7 Å². The minimum Gasteiger partial charge on any atom is -0.382 e. The Balaban J connectivity index is 2.30. The van der Waals surface area contributed by atoms with E-state index in [-0.39, 0.29) is 0 Å². The van der Waals surface area contributed by atoms with Gasteiger partial charge in [0.25, 0.3) is 0 Å². The number of hydrogen-bond acceptors (Lipinski definition) is 3. The largest absolute Gasteiger partial charge is 0.382 e. The Labute approximate surface area is 137 Å². The fraction of sp³-hybridized carbons (Fsp3) is 0.375. The molecule has 0 saturated carbocycles. The normalized spacial score (nSPS) is 14.0. The Hall–Kier alpha value is -1.61. The van der Waals surface area contributed by atoms with Gasteiger partial charge < -0.3 is 5.11 Å². The molecular weight excluding hydrogens is 314 g/mol. The predicted octanol–water partition coefficient (Wildman–Crippen LogP) is 3.09. The van der Waals surface area contributed by atoms with Gasteiger partial charge in [-0.25, -0.2) is 9.67 Å². The molecular formula is C16H20ClN3OSi. The van der Waals surface area contributed by atoms with E-state index in [2.05, 4.69) is 41.2 Å². The lowest BCUT2D eigenvalue weighted by molar-refractivity contribution is 0.0199. The second kappa shape index (κ2) is 6.65. The van der Waals surface area contributed by atoms with Crippen LogP contribution in [0.2, 0.25) is 24.7 Å². The molecule has 22 heavy (non-hydrogen) atoms. The van der Waals surface area contributed by atoms with Gasteiger partial charge in [-0.1, -0.05) is 43.4 Å². The van der Waals surface area contributed by atoms with Crippen molar-refractivity contribution in [2.75, 3.05) is 0 Å². The summed E-state index contributed by atoms with van der Waals surface area (Å²) >= 11 is 5.94. The monoisotopic (exact) mass is 333 g/mol. The van der Waals surface area contributed by atoms with Crippen molar-refractivity contribution in [3.05, 3.63) is 47.5 Å². The SMILES string of the molecule is C[Si](C)(C)C#CCC(O)(Cn1cncn1)c1ccc(Cl)cc1. The van der Waals surface area contributed by atoms with Gasteiger partial charge >= 0.3 is 0 Å². The Morgan fingerprint density at radius 3 is 2.50 bits per heavy atom. The molecule has 0 amide bonds. The molecule has 2 rings (SSSR count). The molecule has 6 heteroatoms. The summed E-state index contributed by atoms with van der Waals surface area (Å²) in [5.74, 6) is 3.16. The molecule has 2 aromatic rings. The first kappa shape index (κ1) is 16.8. The minimum atomic E-state index is -1.47. The van der Waals surface area contributed by atoms with Crippen LogP contribution in [-0.2, 0) is 12.1 Å². The van der Waals surface area contributed by atoms with E-state index in [0.717, 1.165) is 5.56 Å². The number of nitrogens with zero attached hydrogens (tertiary/aromatic N) is 3. The summed E-state index contributed by atoms with van der Waals surface area (Å²) in [7, 11) is -1.47. The van der Waals surface area contributed by atoms with E-state index < -0.39 is 13.7 Å². The maximum atomic E-state index is 11.1. The summed E-state index contributed by atoms with van der Waals surface area (Å²) in [5, 5.41) is 15.8. The highest BCUT2D eigenvalue weighted by Gasteiger charge is 2.29. The summed E-state index contributed by atoms with van der Waals surface area (Å²) < 4.78 is 1.62. The number of rotatable bonds is 4. The first-order valence-electron chi connectivity index (χ1n) is 7.09. The summed E-state index contributed by atoms with van der Waals surface area (Å²) in [4.78, 5) is 3.92. The van der Waals surface area contributed by atoms with Crippen molar-refractivity contribution in [2.24, 2.45) is 0 Å². The van der Waals surface area contributed by atoms with Crippen LogP contribution in [0.1, 0.15) is 12.0 Å². The maximum Gasteiger partial charge on any atom is 0.137 e. The van der Waals surface area contributed by atoms with Crippen LogP contribution in [0.5, 0.6) is 0 Å². The molecule has 4 nitrogen and oxygen atoms in total. The molecule has 1 heterocycles. The fourth-order valence-corrected chi connectivity index (χ4v) is 2.79. The van der Waals surface area contributed by atoms with Crippen LogP contribution >= 0.6 is 11.6 Å². The highest BCUT2D eigenvalue weighted by molar-refractivity contribution is 6.83. The van der Waals surface area contributed by atoms with Gasteiger partial charge in [-0.2, -0.15) is 5.10 Å². The third-order valence-electron chi connectivity index (χ3n) is 3.12. The zero-order chi connectivity index (χ0) is 16.2. The topological polar surface area (TPSA) is 50.9 Å². The molecule has 1 unspecified atom stereocenters. The van der Waals surface area contributed by atoms with Gasteiger partial charge in [-0.05, 0) is 17.7 Å². The van der Waals surface area contributed by atoms with Crippen molar-refractivity contribution in [1.82, 2.24) is 14.8 Å². The highest BCUT2D eigenvalue weighted by atomic mass is 35.5. The van der Waals surface area contributed by atoms with Crippen molar-refractivity contribution < 1.29 is 5.11 Å². The third-order valence-corrected chi connectivity index (χ3v) is 4.29. The molecule has 1 atom stereocenters. The number of hydrogen-bond donors (Lipinski definition) is 1. The van der Waals surface area contributed by atoms with E-state index >= 15 is 0 Å². The lowest BCUT2D eigenvalue weighted by Gasteiger charge is -2.26. The Kier molecular flexibility index (Phi) is 5.07.